The van der Waals surface area contributed by atoms with Crippen molar-refractivity contribution in [1.82, 2.24) is 19.8 Å². The summed E-state index contributed by atoms with van der Waals surface area (Å²) in [4.78, 5) is 43.5. The molecule has 0 bridgehead atoms. The number of alkyl halides is 3. The lowest BCUT2D eigenvalue weighted by Crippen LogP contribution is -2.44. The average Bonchev–Trinajstić information content (AvgIpc) is 3.36. The first-order valence-electron chi connectivity index (χ1n) is 17.0. The maximum atomic E-state index is 13.1. The molecule has 13 nitrogen and oxygen atoms in total. The number of nitrogens with one attached hydrogen (secondary N) is 3. The van der Waals surface area contributed by atoms with E-state index in [1.807, 2.05) is 0 Å². The zero-order valence-corrected chi connectivity index (χ0v) is 30.6. The van der Waals surface area contributed by atoms with Crippen LogP contribution in [0.15, 0.2) is 46.6 Å². The molecule has 284 valence electrons. The van der Waals surface area contributed by atoms with Gasteiger partial charge in [0.1, 0.15) is 17.0 Å². The maximum Gasteiger partial charge on any atom is 0.473 e. The number of unbranched alkanes of at least 4 members (excludes halogenated alkanes) is 5. The molecular formula is C35H52F3N7O6. The fourth-order valence-corrected chi connectivity index (χ4v) is 4.50. The normalized spacial score (nSPS) is 12.7. The monoisotopic (exact) mass is 723 g/mol. The number of hydrogen-bond donors (Lipinski definition) is 3. The third kappa shape index (κ3) is 17.7. The van der Waals surface area contributed by atoms with Crippen LogP contribution in [-0.2, 0) is 27.4 Å². The molecule has 1 aromatic carbocycles. The van der Waals surface area contributed by atoms with Gasteiger partial charge in [-0.05, 0) is 104 Å². The number of alkyl carbamates (subject to hydrolysis) is 1. The number of amides is 3. The molecule has 0 unspecified atom stereocenters. The van der Waals surface area contributed by atoms with Crippen molar-refractivity contribution in [2.75, 3.05) is 13.2 Å². The zero-order chi connectivity index (χ0) is 38.2. The van der Waals surface area contributed by atoms with Crippen molar-refractivity contribution >= 4 is 29.8 Å². The first-order chi connectivity index (χ1) is 23.7. The van der Waals surface area contributed by atoms with Crippen molar-refractivity contribution in [2.45, 2.75) is 124 Å². The predicted molar refractivity (Wildman–Crippen MR) is 187 cm³/mol. The summed E-state index contributed by atoms with van der Waals surface area (Å²) in [6.45, 7) is 13.4. The Morgan fingerprint density at radius 1 is 0.804 bits per heavy atom. The van der Waals surface area contributed by atoms with Gasteiger partial charge in [-0.25, -0.2) is 9.59 Å². The first kappa shape index (κ1) is 42.5. The molecule has 3 N–H and O–H groups in total. The molecule has 0 aliphatic rings. The number of guanidine groups is 1. The lowest BCUT2D eigenvalue weighted by molar-refractivity contribution is -0.169. The van der Waals surface area contributed by atoms with Crippen LogP contribution in [-0.4, -0.2) is 69.4 Å². The molecule has 2 aromatic rings. The van der Waals surface area contributed by atoms with E-state index in [-0.39, 0.29) is 11.6 Å². The number of benzene rings is 1. The number of aromatic nitrogens is 2. The van der Waals surface area contributed by atoms with E-state index < -0.39 is 35.5 Å². The Kier molecular flexibility index (Phi) is 16.4. The van der Waals surface area contributed by atoms with Crippen LogP contribution in [0, 0.1) is 5.41 Å². The van der Waals surface area contributed by atoms with E-state index >= 15 is 0 Å². The molecule has 0 saturated carbocycles. The lowest BCUT2D eigenvalue weighted by atomic mass is 10.1. The Labute approximate surface area is 297 Å². The molecule has 0 atom stereocenters. The summed E-state index contributed by atoms with van der Waals surface area (Å²) in [7, 11) is 0. The van der Waals surface area contributed by atoms with Crippen molar-refractivity contribution in [3.8, 4) is 5.75 Å². The highest BCUT2D eigenvalue weighted by Gasteiger charge is 2.38. The van der Waals surface area contributed by atoms with Crippen molar-refractivity contribution in [2.24, 2.45) is 9.98 Å². The molecule has 51 heavy (non-hydrogen) atoms. The number of aliphatic imine (C=N–C) groups is 1. The standard InChI is InChI=1S/C35H52F3N7O6/c1-25(39)26-15-17-27(18-16-26)49-24-14-13-21-45-23-22-44(30(45)41-28(46)35(36,37)38)20-12-10-8-9-11-19-40-29(42-31(47)50-33(2,3)4)43-32(48)51-34(5,6)7/h15-18,22-23,39H,8-14,19-21,24H2,1-7H3,(H2,40,42,43,47,48)/b39-25?,41-30+. The quantitative estimate of drug-likeness (QED) is 0.103. The van der Waals surface area contributed by atoms with Crippen LogP contribution in [0.5, 0.6) is 5.75 Å². The summed E-state index contributed by atoms with van der Waals surface area (Å²) >= 11 is 0. The van der Waals surface area contributed by atoms with Gasteiger partial charge in [0, 0.05) is 37.7 Å². The van der Waals surface area contributed by atoms with Gasteiger partial charge in [0.2, 0.25) is 11.6 Å². The highest BCUT2D eigenvalue weighted by atomic mass is 19.4. The molecule has 0 aliphatic carbocycles. The Morgan fingerprint density at radius 3 is 1.90 bits per heavy atom. The fourth-order valence-electron chi connectivity index (χ4n) is 4.50. The number of aryl methyl sites for hydroxylation is 2. The van der Waals surface area contributed by atoms with Crippen LogP contribution in [0.3, 0.4) is 0 Å². The number of rotatable bonds is 15. The van der Waals surface area contributed by atoms with Crippen LogP contribution in [0.2, 0.25) is 0 Å². The van der Waals surface area contributed by atoms with E-state index in [9.17, 15) is 27.6 Å². The molecule has 16 heteroatoms. The van der Waals surface area contributed by atoms with Gasteiger partial charge in [-0.1, -0.05) is 19.3 Å². The zero-order valence-electron chi connectivity index (χ0n) is 30.6. The fraction of sp³-hybridized carbons (Fsp3) is 0.600. The Morgan fingerprint density at radius 2 is 1.35 bits per heavy atom. The highest BCUT2D eigenvalue weighted by Crippen LogP contribution is 2.16. The van der Waals surface area contributed by atoms with Crippen molar-refractivity contribution in [3.63, 3.8) is 0 Å². The third-order valence-corrected chi connectivity index (χ3v) is 6.82. The molecule has 2 rings (SSSR count). The van der Waals surface area contributed by atoms with E-state index in [1.54, 1.807) is 94.3 Å². The third-order valence-electron chi connectivity index (χ3n) is 6.82. The summed E-state index contributed by atoms with van der Waals surface area (Å²) in [5.74, 6) is -1.60. The SMILES string of the molecule is CC(=N)c1ccc(OCCCCn2ccn(CCCCCCCN/C(=N\C(=O)OC(C)(C)C)NC(=O)OC(C)(C)C)/c2=N\C(=O)C(F)(F)F)cc1. The van der Waals surface area contributed by atoms with Crippen LogP contribution in [0.1, 0.15) is 99.0 Å². The molecular weight excluding hydrogens is 671 g/mol. The number of imidazole rings is 1. The van der Waals surface area contributed by atoms with E-state index in [4.69, 9.17) is 19.6 Å². The van der Waals surface area contributed by atoms with E-state index in [0.29, 0.717) is 63.4 Å². The van der Waals surface area contributed by atoms with Gasteiger partial charge in [-0.15, -0.1) is 4.99 Å². The van der Waals surface area contributed by atoms with Crippen molar-refractivity contribution in [1.29, 1.82) is 5.41 Å². The second kappa shape index (κ2) is 19.7. The Bertz CT molecular complexity index is 1550. The van der Waals surface area contributed by atoms with E-state index in [0.717, 1.165) is 24.8 Å². The number of hydrogen-bond acceptors (Lipinski definition) is 7. The smallest absolute Gasteiger partial charge is 0.473 e. The second-order valence-electron chi connectivity index (χ2n) is 13.9. The Balaban J connectivity index is 1.87. The van der Waals surface area contributed by atoms with Gasteiger partial charge in [0.25, 0.3) is 0 Å². The molecule has 0 radical (unpaired) electrons. The number of carbonyl (C=O) groups excluding carboxylic acids is 3. The average molecular weight is 724 g/mol. The first-order valence-corrected chi connectivity index (χ1v) is 17.0. The molecule has 0 spiro atoms. The second-order valence-corrected chi connectivity index (χ2v) is 13.9. The Hall–Kier alpha value is -4.63. The largest absolute Gasteiger partial charge is 0.494 e. The molecule has 3 amide bonds. The number of ether oxygens (including phenoxy) is 3. The van der Waals surface area contributed by atoms with Gasteiger partial charge >= 0.3 is 24.3 Å². The highest BCUT2D eigenvalue weighted by molar-refractivity contribution is 5.99. The number of halogens is 3. The summed E-state index contributed by atoms with van der Waals surface area (Å²) in [5.41, 5.74) is -0.331. The summed E-state index contributed by atoms with van der Waals surface area (Å²) in [6, 6.07) is 7.17. The molecule has 0 fully saturated rings. The van der Waals surface area contributed by atoms with Crippen molar-refractivity contribution < 1.29 is 41.8 Å². The van der Waals surface area contributed by atoms with Crippen LogP contribution in [0.4, 0.5) is 22.8 Å². The van der Waals surface area contributed by atoms with E-state index in [1.165, 1.54) is 0 Å². The molecule has 1 heterocycles. The van der Waals surface area contributed by atoms with Crippen LogP contribution >= 0.6 is 0 Å². The summed E-state index contributed by atoms with van der Waals surface area (Å²) < 4.78 is 58.6. The summed E-state index contributed by atoms with van der Waals surface area (Å²) in [5, 5.41) is 13.0. The minimum absolute atomic E-state index is 0.0608. The maximum absolute atomic E-state index is 13.1. The number of nitrogens with zero attached hydrogens (tertiary/aromatic N) is 4. The van der Waals surface area contributed by atoms with Gasteiger partial charge in [-0.3, -0.25) is 10.1 Å². The molecule has 1 aromatic heterocycles. The van der Waals surface area contributed by atoms with Gasteiger partial charge in [-0.2, -0.15) is 18.2 Å². The lowest BCUT2D eigenvalue weighted by Gasteiger charge is -2.21. The van der Waals surface area contributed by atoms with Crippen LogP contribution < -0.4 is 21.0 Å². The minimum atomic E-state index is -5.08. The van der Waals surface area contributed by atoms with Crippen LogP contribution in [0.25, 0.3) is 0 Å². The van der Waals surface area contributed by atoms with Crippen molar-refractivity contribution in [3.05, 3.63) is 47.8 Å². The molecule has 0 saturated heterocycles. The van der Waals surface area contributed by atoms with Gasteiger partial charge < -0.3 is 34.1 Å². The predicted octanol–water partition coefficient (Wildman–Crippen LogP) is 6.88. The van der Waals surface area contributed by atoms with Gasteiger partial charge in [0.15, 0.2) is 0 Å². The number of carbonyl (C=O) groups is 3. The minimum Gasteiger partial charge on any atom is -0.494 e. The topological polar surface area (TPSA) is 161 Å². The molecule has 0 aliphatic heterocycles. The van der Waals surface area contributed by atoms with E-state index in [2.05, 4.69) is 20.6 Å². The summed E-state index contributed by atoms with van der Waals surface area (Å²) in [6.07, 6.45) is 1.37. The van der Waals surface area contributed by atoms with Gasteiger partial charge in [0.05, 0.1) is 6.61 Å².